The van der Waals surface area contributed by atoms with Crippen molar-refractivity contribution in [1.82, 2.24) is 9.80 Å². The van der Waals surface area contributed by atoms with Crippen LogP contribution in [-0.2, 0) is 50.6 Å². The maximum atomic E-state index is 8.22. The molecule has 7 heterocycles. The van der Waals surface area contributed by atoms with Gasteiger partial charge in [-0.15, -0.1) is 0 Å². The van der Waals surface area contributed by atoms with Crippen LogP contribution in [0.15, 0.2) is 0 Å². The lowest BCUT2D eigenvalue weighted by atomic mass is 10.3. The number of hydrogen-bond donors (Lipinski definition) is 0. The number of nitrogens with zero attached hydrogens (tertiary/aromatic N) is 2. The van der Waals surface area contributed by atoms with E-state index in [1.807, 2.05) is 0 Å². The number of likely N-dealkylation sites (N-methyl/N-ethyl adjacent to an activating group) is 2. The zero-order chi connectivity index (χ0) is 44.2. The quantitative estimate of drug-likeness (QED) is 0.104. The molecule has 0 aromatic rings. The van der Waals surface area contributed by atoms with Crippen LogP contribution in [0, 0.1) is 41.4 Å². The summed E-state index contributed by atoms with van der Waals surface area (Å²) in [6, 6.07) is 4.69. The van der Waals surface area contributed by atoms with Gasteiger partial charge < -0.3 is 60.4 Å². The van der Waals surface area contributed by atoms with Crippen molar-refractivity contribution < 1.29 is 50.6 Å². The van der Waals surface area contributed by atoms with Crippen LogP contribution in [0.1, 0.15) is 103 Å². The molecule has 14 nitrogen and oxygen atoms in total. The second-order valence-electron chi connectivity index (χ2n) is 22.6. The van der Waals surface area contributed by atoms with Crippen LogP contribution in [0.5, 0.6) is 0 Å². The number of hydrogen-bond acceptors (Lipinski definition) is 14. The molecule has 22 heteroatoms. The Hall–Kier alpha value is 1.18. The van der Waals surface area contributed by atoms with E-state index in [-0.39, 0.29) is 41.4 Å². The Kier molecular flexibility index (Phi) is 13.7. The van der Waals surface area contributed by atoms with Crippen molar-refractivity contribution in [2.24, 2.45) is 41.4 Å². The van der Waals surface area contributed by atoms with Crippen molar-refractivity contribution in [1.29, 1.82) is 0 Å². The monoisotopic (exact) mass is 982 g/mol. The van der Waals surface area contributed by atoms with Crippen LogP contribution in [0.25, 0.3) is 0 Å². The highest BCUT2D eigenvalue weighted by Crippen LogP contribution is 2.71. The van der Waals surface area contributed by atoms with Gasteiger partial charge in [-0.1, -0.05) is 96.9 Å². The molecule has 0 N–H and O–H groups in total. The lowest BCUT2D eigenvalue weighted by Gasteiger charge is -2.71. The molecule has 6 bridgehead atoms. The van der Waals surface area contributed by atoms with E-state index in [4.69, 9.17) is 50.6 Å². The Balaban J connectivity index is 1.57. The fourth-order valence-corrected chi connectivity index (χ4v) is 70.2. The van der Waals surface area contributed by atoms with Crippen LogP contribution < -0.4 is 0 Å². The average Bonchev–Trinajstić information content (AvgIpc) is 3.22. The standard InChI is InChI=1S/C38H82N2O12Si8/c1-30(2)23-53-37-41-58(27-34(9)10)42-38-44-59(43-37,28-35(11)12)52-60(29-36(13)14,49-55(37,45-53)25-32(5)6)50-56(38,26-33(7)8)46-54(38,24-31(3)4)48-57(47-53,51-58)22-18-19-40(17)21-20-39(15)16/h30-36H,18-29H2,1-17H3. The maximum Gasteiger partial charge on any atom is 0.497 e. The Morgan fingerprint density at radius 1 is 0.350 bits per heavy atom. The summed E-state index contributed by atoms with van der Waals surface area (Å²) in [7, 11) is -23.9. The summed E-state index contributed by atoms with van der Waals surface area (Å²) in [5.74, 6) is 1.22. The van der Waals surface area contributed by atoms with Crippen LogP contribution in [0.2, 0.25) is 48.4 Å². The van der Waals surface area contributed by atoms with E-state index < -0.39 is 79.5 Å². The molecule has 7 saturated heterocycles. The summed E-state index contributed by atoms with van der Waals surface area (Å²) in [4.78, 5) is 4.62. The van der Waals surface area contributed by atoms with E-state index in [0.29, 0.717) is 48.4 Å². The van der Waals surface area contributed by atoms with Gasteiger partial charge >= 0.3 is 69.5 Å². The van der Waals surface area contributed by atoms with Crippen LogP contribution in [-0.4, -0.2) is 130 Å². The van der Waals surface area contributed by atoms with E-state index in [1.54, 1.807) is 0 Å². The first-order chi connectivity index (χ1) is 27.7. The van der Waals surface area contributed by atoms with E-state index in [1.165, 1.54) is 0 Å². The van der Waals surface area contributed by atoms with Gasteiger partial charge in [0, 0.05) is 37.3 Å². The summed E-state index contributed by atoms with van der Waals surface area (Å²) in [6.45, 7) is 34.0. The molecule has 7 aliphatic rings. The normalized spacial score (nSPS) is 44.1. The first kappa shape index (κ1) is 49.1. The van der Waals surface area contributed by atoms with Crippen molar-refractivity contribution in [2.45, 2.75) is 162 Å². The van der Waals surface area contributed by atoms with Crippen molar-refractivity contribution in [3.63, 3.8) is 0 Å². The minimum absolute atomic E-state index is 0.148. The fraction of sp³-hybridized carbons (Fsp3) is 1.00. The SMILES string of the molecule is CC(C)C[Si]12OC34O[Si]5(CC(C)C)OC6(O1)[Si]1(CC(C)C)O[Si](CCCN(C)CCN(C)C)(O2)O[Si]3(CC(C)C)O[Si]4(CC(C)C)O[Si](CC(C)C)(O5)O[Si]6(CC(C)C)O1. The number of rotatable bonds is 21. The summed E-state index contributed by atoms with van der Waals surface area (Å²) in [5.41, 5.74) is 0. The van der Waals surface area contributed by atoms with Gasteiger partial charge in [-0.3, -0.25) is 0 Å². The lowest BCUT2D eigenvalue weighted by Crippen LogP contribution is -3.00. The molecular weight excluding hydrogens is 901 g/mol. The fourth-order valence-electron chi connectivity index (χ4n) is 11.0. The smallest absolute Gasteiger partial charge is 0.409 e. The average molecular weight is 984 g/mol. The van der Waals surface area contributed by atoms with Crippen molar-refractivity contribution in [2.75, 3.05) is 40.8 Å². The topological polar surface area (TPSA) is 117 Å². The van der Waals surface area contributed by atoms with Gasteiger partial charge in [0.15, 0.2) is 0 Å². The molecule has 0 saturated carbocycles. The largest absolute Gasteiger partial charge is 0.497 e. The van der Waals surface area contributed by atoms with Crippen LogP contribution in [0.4, 0.5) is 0 Å². The first-order valence-corrected chi connectivity index (χ1v) is 39.3. The molecule has 7 aliphatic heterocycles. The lowest BCUT2D eigenvalue weighted by molar-refractivity contribution is -0.202. The molecule has 2 spiro atoms. The van der Waals surface area contributed by atoms with Gasteiger partial charge in [-0.25, -0.2) is 0 Å². The van der Waals surface area contributed by atoms with Gasteiger partial charge in [-0.2, -0.15) is 0 Å². The molecule has 60 heavy (non-hydrogen) atoms. The van der Waals surface area contributed by atoms with Gasteiger partial charge in [0.25, 0.3) is 0 Å². The molecule has 6 unspecified atom stereocenters. The summed E-state index contributed by atoms with van der Waals surface area (Å²) in [5, 5.41) is -2.75. The summed E-state index contributed by atoms with van der Waals surface area (Å²) < 4.78 is 96.6. The van der Waals surface area contributed by atoms with E-state index in [2.05, 4.69) is 128 Å². The van der Waals surface area contributed by atoms with Crippen molar-refractivity contribution in [3.05, 3.63) is 0 Å². The minimum atomic E-state index is -3.95. The molecule has 0 aliphatic carbocycles. The van der Waals surface area contributed by atoms with Crippen LogP contribution in [0.3, 0.4) is 0 Å². The summed E-state index contributed by atoms with van der Waals surface area (Å²) >= 11 is 0. The van der Waals surface area contributed by atoms with Crippen molar-refractivity contribution >= 4 is 69.5 Å². The van der Waals surface area contributed by atoms with E-state index in [0.717, 1.165) is 26.1 Å². The van der Waals surface area contributed by atoms with Gasteiger partial charge in [-0.05, 0) is 99.7 Å². The van der Waals surface area contributed by atoms with Gasteiger partial charge in [0.2, 0.25) is 10.1 Å². The molecule has 7 rings (SSSR count). The third kappa shape index (κ3) is 8.21. The molecule has 348 valence electrons. The zero-order valence-corrected chi connectivity index (χ0v) is 48.3. The molecular formula is C38H82N2O12Si8. The highest BCUT2D eigenvalue weighted by molar-refractivity contribution is 7.14. The summed E-state index contributed by atoms with van der Waals surface area (Å²) in [6.07, 6.45) is 0.804. The van der Waals surface area contributed by atoms with Gasteiger partial charge in [0.1, 0.15) is 0 Å². The second kappa shape index (κ2) is 16.7. The first-order valence-electron chi connectivity index (χ1n) is 23.5. The molecule has 0 radical (unpaired) electrons. The highest BCUT2D eigenvalue weighted by atomic mass is 28.6. The third-order valence-electron chi connectivity index (χ3n) is 12.4. The minimum Gasteiger partial charge on any atom is -0.409 e. The molecule has 6 atom stereocenters. The zero-order valence-electron chi connectivity index (χ0n) is 40.3. The molecule has 0 aromatic heterocycles. The molecule has 7 fully saturated rings. The third-order valence-corrected chi connectivity index (χ3v) is 56.7. The maximum absolute atomic E-state index is 8.22. The Labute approximate surface area is 372 Å². The number of fused-ring (bicyclic) bond motifs is 2. The Morgan fingerprint density at radius 3 is 1.00 bits per heavy atom. The van der Waals surface area contributed by atoms with Gasteiger partial charge in [0.05, 0.1) is 0 Å². The Morgan fingerprint density at radius 2 is 0.667 bits per heavy atom. The predicted molar refractivity (Wildman–Crippen MR) is 248 cm³/mol. The molecule has 0 aromatic carbocycles. The van der Waals surface area contributed by atoms with Crippen molar-refractivity contribution in [3.8, 4) is 0 Å². The van der Waals surface area contributed by atoms with E-state index >= 15 is 0 Å². The van der Waals surface area contributed by atoms with E-state index in [9.17, 15) is 0 Å². The Bertz CT molecular complexity index is 1500. The predicted octanol–water partition coefficient (Wildman–Crippen LogP) is 7.83. The second-order valence-corrected chi connectivity index (χ2v) is 48.4. The highest BCUT2D eigenvalue weighted by Gasteiger charge is 3.01. The molecule has 0 amide bonds. The van der Waals surface area contributed by atoms with Crippen LogP contribution >= 0.6 is 0 Å².